The Bertz CT molecular complexity index is 2700. The third-order valence-electron chi connectivity index (χ3n) is 12.3. The molecule has 0 unspecified atom stereocenters. The summed E-state index contributed by atoms with van der Waals surface area (Å²) < 4.78 is 0. The van der Waals surface area contributed by atoms with Crippen LogP contribution < -0.4 is 26.2 Å². The highest BCUT2D eigenvalue weighted by molar-refractivity contribution is 6.98. The van der Waals surface area contributed by atoms with E-state index in [-0.39, 0.29) is 6.71 Å². The van der Waals surface area contributed by atoms with Gasteiger partial charge in [0.05, 0.1) is 28.4 Å². The predicted molar refractivity (Wildman–Crippen MR) is 221 cm³/mol. The largest absolute Gasteiger partial charge is 0.307 e. The van der Waals surface area contributed by atoms with Crippen LogP contribution in [0.5, 0.6) is 0 Å². The van der Waals surface area contributed by atoms with E-state index in [4.69, 9.17) is 0 Å². The van der Waals surface area contributed by atoms with Gasteiger partial charge in [0.2, 0.25) is 6.71 Å². The van der Waals surface area contributed by atoms with Crippen molar-refractivity contribution in [2.24, 2.45) is 0 Å². The second-order valence-electron chi connectivity index (χ2n) is 15.6. The molecule has 3 heteroatoms. The maximum atomic E-state index is 2.65. The number of rotatable bonds is 2. The Balaban J connectivity index is 1.22. The first-order chi connectivity index (χ1) is 25.4. The van der Waals surface area contributed by atoms with Crippen LogP contribution in [0.15, 0.2) is 121 Å². The molecular weight excluding hydrogens is 627 g/mol. The molecule has 7 aromatic carbocycles. The van der Waals surface area contributed by atoms with Gasteiger partial charge >= 0.3 is 0 Å². The molecule has 248 valence electrons. The van der Waals surface area contributed by atoms with Gasteiger partial charge in [0.25, 0.3) is 0 Å². The minimum Gasteiger partial charge on any atom is -0.307 e. The van der Waals surface area contributed by atoms with E-state index in [0.29, 0.717) is 0 Å². The smallest absolute Gasteiger partial charge is 0.247 e. The first-order valence-electron chi connectivity index (χ1n) is 18.7. The van der Waals surface area contributed by atoms with E-state index in [0.717, 1.165) is 12.8 Å². The van der Waals surface area contributed by atoms with Gasteiger partial charge in [0.15, 0.2) is 0 Å². The quantitative estimate of drug-likeness (QED) is 0.170. The normalized spacial score (nSPS) is 14.0. The highest BCUT2D eigenvalue weighted by atomic mass is 15.3. The lowest BCUT2D eigenvalue weighted by molar-refractivity contribution is 1.13. The van der Waals surface area contributed by atoms with Crippen molar-refractivity contribution in [2.45, 2.75) is 47.5 Å². The van der Waals surface area contributed by atoms with E-state index in [1.165, 1.54) is 123 Å². The highest BCUT2D eigenvalue weighted by Crippen LogP contribution is 2.58. The molecule has 2 nitrogen and oxygen atoms in total. The number of benzene rings is 7. The number of nitrogens with zero attached hydrogens (tertiary/aromatic N) is 2. The van der Waals surface area contributed by atoms with Gasteiger partial charge in [-0.05, 0) is 114 Å². The van der Waals surface area contributed by atoms with Crippen LogP contribution in [0, 0.1) is 34.6 Å². The van der Waals surface area contributed by atoms with Crippen LogP contribution in [0.1, 0.15) is 50.1 Å². The van der Waals surface area contributed by atoms with E-state index in [1.807, 2.05) is 0 Å². The number of aryl methyl sites for hydroxylation is 5. The van der Waals surface area contributed by atoms with Crippen molar-refractivity contribution < 1.29 is 0 Å². The van der Waals surface area contributed by atoms with Crippen LogP contribution in [0.25, 0.3) is 22.3 Å². The number of para-hydroxylation sites is 3. The average molecular weight is 667 g/mol. The predicted octanol–water partition coefficient (Wildman–Crippen LogP) is 10.5. The Morgan fingerprint density at radius 1 is 0.423 bits per heavy atom. The summed E-state index contributed by atoms with van der Waals surface area (Å²) in [7, 11) is 0. The van der Waals surface area contributed by atoms with Gasteiger partial charge in [-0.25, -0.2) is 0 Å². The molecule has 0 spiro atoms. The van der Waals surface area contributed by atoms with Crippen molar-refractivity contribution in [2.75, 3.05) is 9.80 Å². The Labute approximate surface area is 307 Å². The van der Waals surface area contributed by atoms with E-state index in [1.54, 1.807) is 0 Å². The minimum absolute atomic E-state index is 0.110. The third-order valence-corrected chi connectivity index (χ3v) is 12.3. The number of hydrogen-bond acceptors (Lipinski definition) is 2. The van der Waals surface area contributed by atoms with E-state index in [2.05, 4.69) is 166 Å². The monoisotopic (exact) mass is 666 g/mol. The van der Waals surface area contributed by atoms with Crippen LogP contribution in [-0.2, 0) is 12.8 Å². The zero-order chi connectivity index (χ0) is 35.0. The third kappa shape index (κ3) is 3.97. The summed E-state index contributed by atoms with van der Waals surface area (Å²) in [6, 6.07) is 46.7. The molecule has 4 aliphatic rings. The summed E-state index contributed by atoms with van der Waals surface area (Å²) in [4.78, 5) is 5.24. The second kappa shape index (κ2) is 10.6. The molecule has 2 aliphatic carbocycles. The zero-order valence-corrected chi connectivity index (χ0v) is 30.4. The van der Waals surface area contributed by atoms with Gasteiger partial charge in [0, 0.05) is 18.5 Å². The number of anilines is 6. The molecule has 0 fully saturated rings. The topological polar surface area (TPSA) is 6.48 Å². The molecule has 7 aromatic rings. The molecule has 0 aromatic heterocycles. The molecule has 0 saturated carbocycles. The van der Waals surface area contributed by atoms with Gasteiger partial charge in [-0.15, -0.1) is 0 Å². The van der Waals surface area contributed by atoms with Crippen molar-refractivity contribution in [1.82, 2.24) is 0 Å². The first kappa shape index (κ1) is 29.9. The standard InChI is InChI=1S/C49H39BN2/c1-28-16-18-35-33(24-28)26-39-37(35)10-8-14-43(39)51-44-12-6-7-13-45(44)52-48-40-27-34-25-29(2)17-19-36(34)38(40)20-21-42(48)50(41-11-9-15-46(51)49(41)52)47-31(4)22-30(3)23-32(47)5/h6-25H,26-27H2,1-5H3. The molecule has 0 radical (unpaired) electrons. The Morgan fingerprint density at radius 2 is 0.981 bits per heavy atom. The molecule has 52 heavy (non-hydrogen) atoms. The van der Waals surface area contributed by atoms with Gasteiger partial charge in [-0.3, -0.25) is 0 Å². The van der Waals surface area contributed by atoms with Gasteiger partial charge in [-0.2, -0.15) is 0 Å². The van der Waals surface area contributed by atoms with Crippen molar-refractivity contribution in [1.29, 1.82) is 0 Å². The molecular formula is C49H39BN2. The van der Waals surface area contributed by atoms with Crippen molar-refractivity contribution >= 4 is 57.2 Å². The van der Waals surface area contributed by atoms with Crippen molar-refractivity contribution in [3.8, 4) is 22.3 Å². The van der Waals surface area contributed by atoms with E-state index >= 15 is 0 Å². The van der Waals surface area contributed by atoms with Crippen LogP contribution in [0.2, 0.25) is 0 Å². The van der Waals surface area contributed by atoms with E-state index < -0.39 is 0 Å². The maximum absolute atomic E-state index is 2.65. The Hall–Kier alpha value is -5.80. The Kier molecular flexibility index (Phi) is 6.10. The summed E-state index contributed by atoms with van der Waals surface area (Å²) in [5.41, 5.74) is 29.8. The second-order valence-corrected chi connectivity index (χ2v) is 15.6. The molecule has 0 bridgehead atoms. The molecule has 0 N–H and O–H groups in total. The highest BCUT2D eigenvalue weighted by Gasteiger charge is 2.44. The maximum Gasteiger partial charge on any atom is 0.247 e. The van der Waals surface area contributed by atoms with Crippen molar-refractivity contribution in [3.63, 3.8) is 0 Å². The first-order valence-corrected chi connectivity index (χ1v) is 18.7. The number of fused-ring (bicyclic) bond motifs is 11. The fraction of sp³-hybridized carbons (Fsp3) is 0.143. The fourth-order valence-corrected chi connectivity index (χ4v) is 10.4. The SMILES string of the molecule is Cc1cc(C)c(B2c3cccc4c3N(c3ccccc3N4c3cccc4c3Cc3cc(C)ccc3-4)c3c2ccc2c3Cc3cc(C)ccc3-2)c(C)c1. The lowest BCUT2D eigenvalue weighted by Crippen LogP contribution is -2.59. The molecule has 2 aliphatic heterocycles. The lowest BCUT2D eigenvalue weighted by Gasteiger charge is -2.47. The summed E-state index contributed by atoms with van der Waals surface area (Å²) >= 11 is 0. The summed E-state index contributed by atoms with van der Waals surface area (Å²) in [5.74, 6) is 0. The molecule has 0 atom stereocenters. The molecule has 0 saturated heterocycles. The van der Waals surface area contributed by atoms with E-state index in [9.17, 15) is 0 Å². The van der Waals surface area contributed by atoms with Crippen LogP contribution >= 0.6 is 0 Å². The molecule has 11 rings (SSSR count). The van der Waals surface area contributed by atoms with Crippen LogP contribution in [0.3, 0.4) is 0 Å². The summed E-state index contributed by atoms with van der Waals surface area (Å²) in [5, 5.41) is 0. The lowest BCUT2D eigenvalue weighted by atomic mass is 9.33. The molecule has 2 heterocycles. The fourth-order valence-electron chi connectivity index (χ4n) is 10.4. The van der Waals surface area contributed by atoms with Gasteiger partial charge in [0.1, 0.15) is 0 Å². The molecule has 0 amide bonds. The average Bonchev–Trinajstić information content (AvgIpc) is 3.69. The Morgan fingerprint density at radius 3 is 1.69 bits per heavy atom. The van der Waals surface area contributed by atoms with Crippen LogP contribution in [0.4, 0.5) is 34.1 Å². The number of hydrogen-bond donors (Lipinski definition) is 0. The van der Waals surface area contributed by atoms with Crippen molar-refractivity contribution in [3.05, 3.63) is 171 Å². The summed E-state index contributed by atoms with van der Waals surface area (Å²) in [6.07, 6.45) is 1.89. The minimum atomic E-state index is 0.110. The van der Waals surface area contributed by atoms with Gasteiger partial charge < -0.3 is 9.80 Å². The van der Waals surface area contributed by atoms with Gasteiger partial charge in [-0.1, -0.05) is 130 Å². The summed E-state index contributed by atoms with van der Waals surface area (Å²) in [6.45, 7) is 11.4. The van der Waals surface area contributed by atoms with Crippen LogP contribution in [-0.4, -0.2) is 6.71 Å². The zero-order valence-electron chi connectivity index (χ0n) is 30.4.